The summed E-state index contributed by atoms with van der Waals surface area (Å²) < 4.78 is 12.4. The van der Waals surface area contributed by atoms with Crippen LogP contribution in [0, 0.1) is 5.92 Å². The molecule has 1 N–H and O–H groups in total. The number of ether oxygens (including phenoxy) is 2. The Bertz CT molecular complexity index is 1850. The van der Waals surface area contributed by atoms with E-state index in [-0.39, 0.29) is 18.0 Å². The van der Waals surface area contributed by atoms with Gasteiger partial charge in [-0.1, -0.05) is 51.2 Å². The number of anilines is 2. The first kappa shape index (κ1) is 30.8. The second-order valence-electron chi connectivity index (χ2n) is 10.3. The van der Waals surface area contributed by atoms with E-state index in [9.17, 15) is 24.0 Å². The van der Waals surface area contributed by atoms with E-state index < -0.39 is 40.8 Å². The number of thioether (sulfide) groups is 1. The normalized spacial score (nSPS) is 18.7. The molecular weight excluding hydrogens is 682 g/mol. The SMILES string of the molecule is CCOC(=O)c1ccc(N2C(=O)[C@H]3[C@H](c4ccc(Br)cc4)c4sc(=O)n(CC(=O)Nc5ccc(OC)cc5)c4S[C@H]3C2=O)cc1. The molecule has 0 saturated carbocycles. The average Bonchev–Trinajstić information content (AvgIpc) is 3.48. The Labute approximate surface area is 274 Å². The third-order valence-corrected chi connectivity index (χ3v) is 10.7. The summed E-state index contributed by atoms with van der Waals surface area (Å²) in [6.45, 7) is 1.66. The van der Waals surface area contributed by atoms with Crippen molar-refractivity contribution in [1.29, 1.82) is 0 Å². The smallest absolute Gasteiger partial charge is 0.338 e. The van der Waals surface area contributed by atoms with Gasteiger partial charge < -0.3 is 14.8 Å². The number of rotatable bonds is 8. The van der Waals surface area contributed by atoms with Gasteiger partial charge in [-0.05, 0) is 73.2 Å². The second kappa shape index (κ2) is 12.7. The van der Waals surface area contributed by atoms with Crippen LogP contribution in [0.5, 0.6) is 5.75 Å². The summed E-state index contributed by atoms with van der Waals surface area (Å²) >= 11 is 5.57. The maximum Gasteiger partial charge on any atom is 0.338 e. The molecule has 3 heterocycles. The molecule has 230 valence electrons. The maximum atomic E-state index is 14.1. The highest BCUT2D eigenvalue weighted by atomic mass is 79.9. The molecule has 2 aliphatic rings. The number of halogens is 1. The van der Waals surface area contributed by atoms with Crippen molar-refractivity contribution in [2.24, 2.45) is 5.92 Å². The van der Waals surface area contributed by atoms with Gasteiger partial charge in [0.15, 0.2) is 0 Å². The Morgan fingerprint density at radius 2 is 1.62 bits per heavy atom. The molecule has 1 fully saturated rings. The van der Waals surface area contributed by atoms with Crippen LogP contribution < -0.4 is 19.8 Å². The molecule has 4 aromatic rings. The molecule has 3 aromatic carbocycles. The summed E-state index contributed by atoms with van der Waals surface area (Å²) in [4.78, 5) is 68.1. The van der Waals surface area contributed by atoms with E-state index in [1.54, 1.807) is 50.4 Å². The van der Waals surface area contributed by atoms with Crippen LogP contribution in [0.2, 0.25) is 0 Å². The minimum Gasteiger partial charge on any atom is -0.497 e. The first-order valence-electron chi connectivity index (χ1n) is 13.9. The number of thiazole rings is 1. The molecule has 0 bridgehead atoms. The van der Waals surface area contributed by atoms with Crippen LogP contribution in [0.3, 0.4) is 0 Å². The summed E-state index contributed by atoms with van der Waals surface area (Å²) in [6, 6.07) is 20.4. The highest BCUT2D eigenvalue weighted by molar-refractivity contribution is 9.10. The van der Waals surface area contributed by atoms with Crippen LogP contribution >= 0.6 is 39.0 Å². The van der Waals surface area contributed by atoms with E-state index in [2.05, 4.69) is 21.2 Å². The van der Waals surface area contributed by atoms with Crippen LogP contribution in [0.1, 0.15) is 33.6 Å². The molecule has 10 nitrogen and oxygen atoms in total. The number of hydrogen-bond acceptors (Lipinski definition) is 9. The Morgan fingerprint density at radius 3 is 2.27 bits per heavy atom. The average molecular weight is 709 g/mol. The van der Waals surface area contributed by atoms with E-state index in [0.717, 1.165) is 38.0 Å². The van der Waals surface area contributed by atoms with Crippen LogP contribution in [0.25, 0.3) is 0 Å². The Morgan fingerprint density at radius 1 is 0.933 bits per heavy atom. The Hall–Kier alpha value is -4.20. The minimum absolute atomic E-state index is 0.222. The third kappa shape index (κ3) is 5.83. The molecule has 13 heteroatoms. The van der Waals surface area contributed by atoms with E-state index in [4.69, 9.17) is 9.47 Å². The number of hydrogen-bond donors (Lipinski definition) is 1. The van der Waals surface area contributed by atoms with Crippen molar-refractivity contribution in [3.63, 3.8) is 0 Å². The van der Waals surface area contributed by atoms with Crippen molar-refractivity contribution < 1.29 is 28.7 Å². The fraction of sp³-hybridized carbons (Fsp3) is 0.219. The molecule has 3 atom stereocenters. The molecule has 0 aliphatic carbocycles. The topological polar surface area (TPSA) is 124 Å². The fourth-order valence-electron chi connectivity index (χ4n) is 5.52. The molecular formula is C32H26BrN3O7S2. The lowest BCUT2D eigenvalue weighted by atomic mass is 9.83. The van der Waals surface area contributed by atoms with Crippen LogP contribution in [-0.4, -0.2) is 47.2 Å². The van der Waals surface area contributed by atoms with Gasteiger partial charge in [0.2, 0.25) is 17.7 Å². The number of carbonyl (C=O) groups excluding carboxylic acids is 4. The first-order valence-corrected chi connectivity index (χ1v) is 16.4. The largest absolute Gasteiger partial charge is 0.497 e. The highest BCUT2D eigenvalue weighted by Crippen LogP contribution is 2.54. The van der Waals surface area contributed by atoms with Gasteiger partial charge in [0.25, 0.3) is 0 Å². The van der Waals surface area contributed by atoms with Crippen LogP contribution in [-0.2, 0) is 25.7 Å². The molecule has 0 radical (unpaired) electrons. The fourth-order valence-corrected chi connectivity index (χ4v) is 8.56. The lowest BCUT2D eigenvalue weighted by Gasteiger charge is -2.30. The van der Waals surface area contributed by atoms with Gasteiger partial charge in [0.1, 0.15) is 17.5 Å². The molecule has 2 aliphatic heterocycles. The van der Waals surface area contributed by atoms with Gasteiger partial charge >= 0.3 is 10.8 Å². The van der Waals surface area contributed by atoms with Gasteiger partial charge in [0, 0.05) is 21.0 Å². The monoisotopic (exact) mass is 707 g/mol. The van der Waals surface area contributed by atoms with Crippen molar-refractivity contribution in [3.05, 3.63) is 103 Å². The number of nitrogens with zero attached hydrogens (tertiary/aromatic N) is 2. The number of fused-ring (bicyclic) bond motifs is 2. The Kier molecular flexibility index (Phi) is 8.67. The van der Waals surface area contributed by atoms with E-state index in [1.807, 2.05) is 24.3 Å². The van der Waals surface area contributed by atoms with Gasteiger partial charge in [-0.2, -0.15) is 0 Å². The van der Waals surface area contributed by atoms with Crippen molar-refractivity contribution >= 4 is 74.1 Å². The summed E-state index contributed by atoms with van der Waals surface area (Å²) in [5, 5.41) is 2.45. The predicted molar refractivity (Wildman–Crippen MR) is 174 cm³/mol. The third-order valence-electron chi connectivity index (χ3n) is 7.59. The lowest BCUT2D eigenvalue weighted by molar-refractivity contribution is -0.122. The number of methoxy groups -OCH3 is 1. The molecule has 0 unspecified atom stereocenters. The molecule has 1 saturated heterocycles. The highest BCUT2D eigenvalue weighted by Gasteiger charge is 2.56. The summed E-state index contributed by atoms with van der Waals surface area (Å²) in [6.07, 6.45) is 0. The molecule has 1 aromatic heterocycles. The molecule has 6 rings (SSSR count). The summed E-state index contributed by atoms with van der Waals surface area (Å²) in [7, 11) is 1.55. The molecule has 3 amide bonds. The van der Waals surface area contributed by atoms with Crippen molar-refractivity contribution in [2.75, 3.05) is 23.9 Å². The van der Waals surface area contributed by atoms with Crippen LogP contribution in [0.4, 0.5) is 11.4 Å². The Balaban J connectivity index is 1.35. The number of imide groups is 1. The number of benzene rings is 3. The zero-order valence-electron chi connectivity index (χ0n) is 24.0. The van der Waals surface area contributed by atoms with E-state index in [1.165, 1.54) is 16.7 Å². The minimum atomic E-state index is -0.840. The molecule has 45 heavy (non-hydrogen) atoms. The number of esters is 1. The zero-order chi connectivity index (χ0) is 31.8. The predicted octanol–water partition coefficient (Wildman–Crippen LogP) is 5.29. The number of amides is 3. The quantitative estimate of drug-likeness (QED) is 0.194. The zero-order valence-corrected chi connectivity index (χ0v) is 27.2. The maximum absolute atomic E-state index is 14.1. The standard InChI is InChI=1S/C32H26BrN3O7S2/c1-3-43-31(40)18-6-12-21(13-7-18)36-28(38)25-24(17-4-8-19(33)9-5-17)27-30(44-26(25)29(36)39)35(32(41)45-27)16-23(37)34-20-10-14-22(42-2)15-11-20/h4-15,24-26H,3,16H2,1-2H3,(H,34,37)/t24-,25-,26+/m0/s1. The summed E-state index contributed by atoms with van der Waals surface area (Å²) in [5.74, 6) is -2.49. The van der Waals surface area contributed by atoms with Crippen molar-refractivity contribution in [3.8, 4) is 5.75 Å². The van der Waals surface area contributed by atoms with E-state index in [0.29, 0.717) is 32.6 Å². The molecule has 0 spiro atoms. The second-order valence-corrected chi connectivity index (χ2v) is 13.3. The first-order chi connectivity index (χ1) is 21.7. The van der Waals surface area contributed by atoms with Gasteiger partial charge in [-0.15, -0.1) is 0 Å². The van der Waals surface area contributed by atoms with E-state index >= 15 is 0 Å². The van der Waals surface area contributed by atoms with Crippen molar-refractivity contribution in [1.82, 2.24) is 4.57 Å². The van der Waals surface area contributed by atoms with Crippen molar-refractivity contribution in [2.45, 2.75) is 29.7 Å². The number of nitrogens with one attached hydrogen (secondary N) is 1. The number of carbonyl (C=O) groups is 4. The van der Waals surface area contributed by atoms with Gasteiger partial charge in [-0.3, -0.25) is 23.7 Å². The van der Waals surface area contributed by atoms with Crippen LogP contribution in [0.15, 0.2) is 87.1 Å². The summed E-state index contributed by atoms with van der Waals surface area (Å²) in [5.41, 5.74) is 1.95. The van der Waals surface area contributed by atoms with Gasteiger partial charge in [0.05, 0.1) is 35.9 Å². The number of aromatic nitrogens is 1. The van der Waals surface area contributed by atoms with Gasteiger partial charge in [-0.25, -0.2) is 9.69 Å². The lowest BCUT2D eigenvalue weighted by Crippen LogP contribution is -2.33.